The Bertz CT molecular complexity index is 596. The number of rotatable bonds is 4. The second-order valence-corrected chi connectivity index (χ2v) is 5.60. The first kappa shape index (κ1) is 13.8. The number of hydrogen-bond acceptors (Lipinski definition) is 5. The second-order valence-electron chi connectivity index (χ2n) is 5.60. The van der Waals surface area contributed by atoms with Gasteiger partial charge in [-0.2, -0.15) is 0 Å². The molecule has 0 bridgehead atoms. The summed E-state index contributed by atoms with van der Waals surface area (Å²) >= 11 is 0. The Labute approximate surface area is 124 Å². The number of nitrogens with one attached hydrogen (secondary N) is 2. The molecular weight excluding hydrogens is 264 g/mol. The second kappa shape index (κ2) is 5.33. The van der Waals surface area contributed by atoms with Gasteiger partial charge >= 0.3 is 0 Å². The van der Waals surface area contributed by atoms with Crippen LogP contribution in [0.3, 0.4) is 0 Å². The Morgan fingerprint density at radius 3 is 1.86 bits per heavy atom. The molecule has 5 nitrogen and oxygen atoms in total. The molecule has 2 heterocycles. The van der Waals surface area contributed by atoms with Crippen LogP contribution in [0, 0.1) is 13.8 Å². The average molecular weight is 284 g/mol. The van der Waals surface area contributed by atoms with E-state index < -0.39 is 11.8 Å². The summed E-state index contributed by atoms with van der Waals surface area (Å²) in [5.41, 5.74) is 1.29. The lowest BCUT2D eigenvalue weighted by Gasteiger charge is -2.48. The van der Waals surface area contributed by atoms with E-state index >= 15 is 0 Å². The highest BCUT2D eigenvalue weighted by Gasteiger charge is 2.46. The molecule has 1 atom stereocenters. The molecule has 0 aromatic carbocycles. The number of anilines is 2. The van der Waals surface area contributed by atoms with Gasteiger partial charge < -0.3 is 15.7 Å². The molecular formula is C16H20N4O. The Morgan fingerprint density at radius 1 is 1.00 bits per heavy atom. The minimum atomic E-state index is -0.596. The monoisotopic (exact) mass is 284 g/mol. The standard InChI is InChI=1S/C16H20N4O/c1-11-5-3-7-14(17-11)19-16(10-9-13(16)21)20-15-8-4-6-12(2)18-15/h3-8,13,21H,9-10H2,1-2H3,(H,17,19)(H,18,20). The van der Waals surface area contributed by atoms with Gasteiger partial charge in [-0.3, -0.25) is 0 Å². The number of aliphatic hydroxyl groups excluding tert-OH is 1. The zero-order valence-corrected chi connectivity index (χ0v) is 12.3. The van der Waals surface area contributed by atoms with Crippen LogP contribution < -0.4 is 10.6 Å². The average Bonchev–Trinajstić information content (AvgIpc) is 2.45. The van der Waals surface area contributed by atoms with Crippen molar-refractivity contribution in [3.63, 3.8) is 0 Å². The minimum Gasteiger partial charge on any atom is -0.389 e. The lowest BCUT2D eigenvalue weighted by molar-refractivity contribution is 0.0279. The molecule has 1 fully saturated rings. The van der Waals surface area contributed by atoms with Gasteiger partial charge in [0, 0.05) is 11.4 Å². The molecule has 2 aromatic rings. The van der Waals surface area contributed by atoms with Crippen LogP contribution in [-0.2, 0) is 0 Å². The number of pyridine rings is 2. The summed E-state index contributed by atoms with van der Waals surface area (Å²) in [6.07, 6.45) is 1.11. The van der Waals surface area contributed by atoms with Gasteiger partial charge in [0.25, 0.3) is 0 Å². The van der Waals surface area contributed by atoms with Crippen LogP contribution in [0.4, 0.5) is 11.6 Å². The maximum Gasteiger partial charge on any atom is 0.137 e. The summed E-state index contributed by atoms with van der Waals surface area (Å²) in [5.74, 6) is 1.52. The number of aromatic nitrogens is 2. The maximum atomic E-state index is 10.2. The highest BCUT2D eigenvalue weighted by molar-refractivity contribution is 5.48. The summed E-state index contributed by atoms with van der Waals surface area (Å²) in [4.78, 5) is 8.90. The highest BCUT2D eigenvalue weighted by Crippen LogP contribution is 2.36. The molecule has 21 heavy (non-hydrogen) atoms. The molecule has 1 saturated carbocycles. The van der Waals surface area contributed by atoms with Crippen LogP contribution in [0.2, 0.25) is 0 Å². The van der Waals surface area contributed by atoms with Gasteiger partial charge in [-0.15, -0.1) is 0 Å². The lowest BCUT2D eigenvalue weighted by Crippen LogP contribution is -2.63. The first-order valence-electron chi connectivity index (χ1n) is 7.19. The van der Waals surface area contributed by atoms with Gasteiger partial charge in [0.2, 0.25) is 0 Å². The van der Waals surface area contributed by atoms with E-state index in [1.165, 1.54) is 0 Å². The smallest absolute Gasteiger partial charge is 0.137 e. The SMILES string of the molecule is Cc1cccc(NC2(Nc3cccc(C)n3)CCC2O)n1. The number of hydrogen-bond donors (Lipinski definition) is 3. The molecule has 0 radical (unpaired) electrons. The summed E-state index contributed by atoms with van der Waals surface area (Å²) in [5, 5.41) is 16.9. The van der Waals surface area contributed by atoms with Gasteiger partial charge in [0.05, 0.1) is 6.10 Å². The Hall–Kier alpha value is -2.14. The third-order valence-corrected chi connectivity index (χ3v) is 3.86. The van der Waals surface area contributed by atoms with E-state index in [1.54, 1.807) is 0 Å². The predicted octanol–water partition coefficient (Wildman–Crippen LogP) is 2.47. The molecule has 1 aliphatic carbocycles. The predicted molar refractivity (Wildman–Crippen MR) is 83.2 cm³/mol. The van der Waals surface area contributed by atoms with Crippen molar-refractivity contribution in [2.75, 3.05) is 10.6 Å². The summed E-state index contributed by atoms with van der Waals surface area (Å²) in [6, 6.07) is 11.6. The van der Waals surface area contributed by atoms with E-state index in [0.29, 0.717) is 0 Å². The van der Waals surface area contributed by atoms with Gasteiger partial charge in [-0.05, 0) is 51.0 Å². The first-order chi connectivity index (χ1) is 10.1. The fourth-order valence-electron chi connectivity index (χ4n) is 2.57. The van der Waals surface area contributed by atoms with Gasteiger partial charge in [0.1, 0.15) is 17.3 Å². The molecule has 3 N–H and O–H groups in total. The third kappa shape index (κ3) is 2.83. The van der Waals surface area contributed by atoms with E-state index in [0.717, 1.165) is 35.9 Å². The fourth-order valence-corrected chi connectivity index (χ4v) is 2.57. The fraction of sp³-hybridized carbons (Fsp3) is 0.375. The Morgan fingerprint density at radius 2 is 1.52 bits per heavy atom. The van der Waals surface area contributed by atoms with Crippen LogP contribution >= 0.6 is 0 Å². The van der Waals surface area contributed by atoms with Gasteiger partial charge in [0.15, 0.2) is 0 Å². The Kier molecular flexibility index (Phi) is 3.51. The molecule has 1 unspecified atom stereocenters. The quantitative estimate of drug-likeness (QED) is 0.752. The summed E-state index contributed by atoms with van der Waals surface area (Å²) in [7, 11) is 0. The minimum absolute atomic E-state index is 0.470. The maximum absolute atomic E-state index is 10.2. The molecule has 110 valence electrons. The summed E-state index contributed by atoms with van der Waals surface area (Å²) in [6.45, 7) is 3.90. The largest absolute Gasteiger partial charge is 0.389 e. The van der Waals surface area contributed by atoms with Crippen molar-refractivity contribution in [3.8, 4) is 0 Å². The van der Waals surface area contributed by atoms with Crippen LogP contribution in [0.25, 0.3) is 0 Å². The molecule has 0 spiro atoms. The molecule has 0 amide bonds. The lowest BCUT2D eigenvalue weighted by atomic mass is 9.81. The molecule has 0 saturated heterocycles. The van der Waals surface area contributed by atoms with Crippen LogP contribution in [0.1, 0.15) is 24.2 Å². The van der Waals surface area contributed by atoms with Crippen molar-refractivity contribution < 1.29 is 5.11 Å². The van der Waals surface area contributed by atoms with E-state index in [1.807, 2.05) is 50.2 Å². The van der Waals surface area contributed by atoms with Crippen molar-refractivity contribution >= 4 is 11.6 Å². The number of aryl methyl sites for hydroxylation is 2. The highest BCUT2D eigenvalue weighted by atomic mass is 16.3. The molecule has 0 aliphatic heterocycles. The molecule has 3 rings (SSSR count). The molecule has 2 aromatic heterocycles. The van der Waals surface area contributed by atoms with Crippen molar-refractivity contribution in [3.05, 3.63) is 47.8 Å². The van der Waals surface area contributed by atoms with Crippen molar-refractivity contribution in [2.24, 2.45) is 0 Å². The Balaban J connectivity index is 1.83. The zero-order valence-electron chi connectivity index (χ0n) is 12.3. The van der Waals surface area contributed by atoms with E-state index in [2.05, 4.69) is 20.6 Å². The molecule has 1 aliphatic rings. The van der Waals surface area contributed by atoms with Crippen molar-refractivity contribution in [2.45, 2.75) is 38.5 Å². The van der Waals surface area contributed by atoms with Crippen molar-refractivity contribution in [1.29, 1.82) is 0 Å². The normalized spacial score (nSPS) is 19.7. The van der Waals surface area contributed by atoms with E-state index in [9.17, 15) is 5.11 Å². The van der Waals surface area contributed by atoms with Crippen molar-refractivity contribution in [1.82, 2.24) is 9.97 Å². The van der Waals surface area contributed by atoms with Gasteiger partial charge in [-0.1, -0.05) is 12.1 Å². The van der Waals surface area contributed by atoms with Crippen LogP contribution in [-0.4, -0.2) is 26.8 Å². The van der Waals surface area contributed by atoms with Crippen LogP contribution in [0.15, 0.2) is 36.4 Å². The topological polar surface area (TPSA) is 70.1 Å². The zero-order chi connectivity index (χ0) is 14.9. The third-order valence-electron chi connectivity index (χ3n) is 3.86. The molecule has 5 heteroatoms. The number of aliphatic hydroxyl groups is 1. The first-order valence-corrected chi connectivity index (χ1v) is 7.19. The van der Waals surface area contributed by atoms with E-state index in [-0.39, 0.29) is 0 Å². The van der Waals surface area contributed by atoms with E-state index in [4.69, 9.17) is 0 Å². The van der Waals surface area contributed by atoms with Gasteiger partial charge in [-0.25, -0.2) is 9.97 Å². The summed E-state index contributed by atoms with van der Waals surface area (Å²) < 4.78 is 0. The number of nitrogens with zero attached hydrogens (tertiary/aromatic N) is 2. The van der Waals surface area contributed by atoms with Crippen LogP contribution in [0.5, 0.6) is 0 Å².